The molecule has 14 heteroatoms. The number of hydrogen-bond acceptors (Lipinski definition) is 8. The summed E-state index contributed by atoms with van der Waals surface area (Å²) >= 11 is 0. The molecule has 0 aliphatic carbocycles. The topological polar surface area (TPSA) is 145 Å². The van der Waals surface area contributed by atoms with E-state index in [9.17, 15) is 21.6 Å². The molecule has 2 heterocycles. The standard InChI is InChI=1S/C20H26N6O2S.C2H2F3NO/c1-12(2)29(27,28)17-11-16(8-7-13(17)3)22-20-21-10-9-18(24-20)23-19-14(4)15(5)25-26(19)6;3-2(4,5)1(6)7/h7-12H,1-6H3,(H2,21,22,23,24);(H2,6,7). The SMILES string of the molecule is Cc1ccc(Nc2nccc(Nc3c(C)c(C)nn3C)n2)cc1S(=O)(=O)C(C)C.NC(=O)C(F)(F)F. The molecule has 1 aromatic carbocycles. The number of carbonyl (C=O) groups excluding carboxylic acids is 1. The van der Waals surface area contributed by atoms with Gasteiger partial charge in [-0.05, 0) is 58.4 Å². The highest BCUT2D eigenvalue weighted by atomic mass is 32.2. The van der Waals surface area contributed by atoms with Crippen LogP contribution in [0.5, 0.6) is 0 Å². The van der Waals surface area contributed by atoms with Crippen molar-refractivity contribution in [3.8, 4) is 0 Å². The van der Waals surface area contributed by atoms with Gasteiger partial charge in [-0.2, -0.15) is 23.3 Å². The van der Waals surface area contributed by atoms with Gasteiger partial charge in [-0.1, -0.05) is 6.07 Å². The van der Waals surface area contributed by atoms with Gasteiger partial charge in [-0.25, -0.2) is 13.4 Å². The maximum absolute atomic E-state index is 12.6. The average molecular weight is 528 g/mol. The Morgan fingerprint density at radius 1 is 1.11 bits per heavy atom. The summed E-state index contributed by atoms with van der Waals surface area (Å²) in [6.45, 7) is 9.09. The monoisotopic (exact) mass is 527 g/mol. The highest BCUT2D eigenvalue weighted by Gasteiger charge is 2.35. The molecular formula is C22H28F3N7O3S. The summed E-state index contributed by atoms with van der Waals surface area (Å²) in [6, 6.07) is 6.98. The van der Waals surface area contributed by atoms with Crippen LogP contribution in [-0.2, 0) is 21.7 Å². The zero-order valence-electron chi connectivity index (χ0n) is 20.6. The largest absolute Gasteiger partial charge is 0.470 e. The third-order valence-corrected chi connectivity index (χ3v) is 7.37. The maximum atomic E-state index is 12.6. The molecule has 0 radical (unpaired) electrons. The Hall–Kier alpha value is -3.68. The molecule has 0 spiro atoms. The van der Waals surface area contributed by atoms with Gasteiger partial charge in [-0.15, -0.1) is 0 Å². The van der Waals surface area contributed by atoms with Crippen molar-refractivity contribution in [2.45, 2.75) is 50.9 Å². The summed E-state index contributed by atoms with van der Waals surface area (Å²) < 4.78 is 59.1. The molecule has 0 fully saturated rings. The summed E-state index contributed by atoms with van der Waals surface area (Å²) in [4.78, 5) is 18.2. The molecule has 3 aromatic rings. The zero-order valence-corrected chi connectivity index (χ0v) is 21.4. The van der Waals surface area contributed by atoms with Crippen LogP contribution in [0, 0.1) is 20.8 Å². The van der Waals surface area contributed by atoms with Crippen LogP contribution in [0.15, 0.2) is 35.4 Å². The van der Waals surface area contributed by atoms with E-state index in [1.54, 1.807) is 49.8 Å². The van der Waals surface area contributed by atoms with E-state index >= 15 is 0 Å². The molecule has 3 rings (SSSR count). The number of sulfone groups is 1. The summed E-state index contributed by atoms with van der Waals surface area (Å²) in [5.41, 5.74) is 7.12. The first kappa shape index (κ1) is 28.6. The second-order valence-electron chi connectivity index (χ2n) is 8.13. The Morgan fingerprint density at radius 3 is 2.22 bits per heavy atom. The fourth-order valence-electron chi connectivity index (χ4n) is 2.92. The van der Waals surface area contributed by atoms with Crippen LogP contribution in [0.3, 0.4) is 0 Å². The summed E-state index contributed by atoms with van der Waals surface area (Å²) in [5.74, 6) is -0.431. The number of amides is 1. The van der Waals surface area contributed by atoms with Gasteiger partial charge >= 0.3 is 12.1 Å². The number of rotatable bonds is 6. The highest BCUT2D eigenvalue weighted by Crippen LogP contribution is 2.26. The number of aromatic nitrogens is 4. The molecule has 36 heavy (non-hydrogen) atoms. The molecule has 0 saturated heterocycles. The molecule has 10 nitrogen and oxygen atoms in total. The van der Waals surface area contributed by atoms with Crippen molar-refractivity contribution < 1.29 is 26.4 Å². The smallest absolute Gasteiger partial charge is 0.362 e. The molecular weight excluding hydrogens is 499 g/mol. The number of nitrogens with one attached hydrogen (secondary N) is 2. The third kappa shape index (κ3) is 6.93. The molecule has 0 saturated carbocycles. The number of benzene rings is 1. The van der Waals surface area contributed by atoms with E-state index in [-0.39, 0.29) is 0 Å². The first-order valence-corrected chi connectivity index (χ1v) is 12.2. The normalized spacial score (nSPS) is 11.6. The fourth-order valence-corrected chi connectivity index (χ4v) is 4.23. The van der Waals surface area contributed by atoms with Crippen LogP contribution in [0.25, 0.3) is 0 Å². The number of halogens is 3. The molecule has 0 atom stereocenters. The molecule has 0 bridgehead atoms. The van der Waals surface area contributed by atoms with E-state index in [0.29, 0.717) is 27.9 Å². The number of carbonyl (C=O) groups is 1. The van der Waals surface area contributed by atoms with Gasteiger partial charge in [0.25, 0.3) is 0 Å². The maximum Gasteiger partial charge on any atom is 0.470 e. The van der Waals surface area contributed by atoms with Crippen molar-refractivity contribution in [3.63, 3.8) is 0 Å². The summed E-state index contributed by atoms with van der Waals surface area (Å²) in [5, 5.41) is 10.3. The van der Waals surface area contributed by atoms with Crippen molar-refractivity contribution in [1.82, 2.24) is 19.7 Å². The van der Waals surface area contributed by atoms with Gasteiger partial charge in [-0.3, -0.25) is 9.48 Å². The molecule has 4 N–H and O–H groups in total. The van der Waals surface area contributed by atoms with E-state index in [0.717, 1.165) is 17.1 Å². The third-order valence-electron chi connectivity index (χ3n) is 5.07. The van der Waals surface area contributed by atoms with Crippen molar-refractivity contribution >= 4 is 39.0 Å². The van der Waals surface area contributed by atoms with Crippen LogP contribution >= 0.6 is 0 Å². The van der Waals surface area contributed by atoms with Gasteiger partial charge in [0.05, 0.1) is 15.8 Å². The Balaban J connectivity index is 0.000000572. The molecule has 2 aromatic heterocycles. The number of aryl methyl sites for hydroxylation is 3. The van der Waals surface area contributed by atoms with Crippen molar-refractivity contribution in [3.05, 3.63) is 47.3 Å². The number of hydrogen-bond donors (Lipinski definition) is 3. The first-order chi connectivity index (χ1) is 16.5. The van der Waals surface area contributed by atoms with Gasteiger partial charge in [0.2, 0.25) is 5.95 Å². The Bertz CT molecular complexity index is 1350. The van der Waals surface area contributed by atoms with Crippen molar-refractivity contribution in [2.75, 3.05) is 10.6 Å². The summed E-state index contributed by atoms with van der Waals surface area (Å²) in [7, 11) is -1.51. The zero-order chi connectivity index (χ0) is 27.4. The minimum absolute atomic E-state index is 0.313. The van der Waals surface area contributed by atoms with Crippen LogP contribution in [0.2, 0.25) is 0 Å². The molecule has 0 aliphatic heterocycles. The Kier molecular flexibility index (Phi) is 8.67. The summed E-state index contributed by atoms with van der Waals surface area (Å²) in [6.07, 6.45) is -3.23. The number of primary amides is 1. The van der Waals surface area contributed by atoms with Crippen molar-refractivity contribution in [2.24, 2.45) is 12.8 Å². The molecule has 196 valence electrons. The van der Waals surface area contributed by atoms with Crippen LogP contribution in [0.4, 0.5) is 36.4 Å². The average Bonchev–Trinajstić information content (AvgIpc) is 3.01. The van der Waals surface area contributed by atoms with Crippen LogP contribution in [-0.4, -0.2) is 45.5 Å². The molecule has 0 aliphatic rings. The van der Waals surface area contributed by atoms with E-state index in [4.69, 9.17) is 4.79 Å². The lowest BCUT2D eigenvalue weighted by Gasteiger charge is -2.13. The second kappa shape index (κ2) is 10.9. The van der Waals surface area contributed by atoms with Gasteiger partial charge in [0, 0.05) is 24.5 Å². The van der Waals surface area contributed by atoms with Gasteiger partial charge in [0.1, 0.15) is 11.6 Å². The quantitative estimate of drug-likeness (QED) is 0.439. The predicted octanol–water partition coefficient (Wildman–Crippen LogP) is 3.84. The van der Waals surface area contributed by atoms with E-state index in [1.807, 2.05) is 27.0 Å². The number of nitrogens with zero attached hydrogens (tertiary/aromatic N) is 4. The Morgan fingerprint density at radius 2 is 1.72 bits per heavy atom. The number of alkyl halides is 3. The minimum Gasteiger partial charge on any atom is -0.362 e. The van der Waals surface area contributed by atoms with Crippen LogP contribution in [0.1, 0.15) is 30.7 Å². The lowest BCUT2D eigenvalue weighted by molar-refractivity contribution is -0.169. The van der Waals surface area contributed by atoms with Gasteiger partial charge in [0.15, 0.2) is 9.84 Å². The Labute approximate surface area is 207 Å². The lowest BCUT2D eigenvalue weighted by atomic mass is 10.2. The lowest BCUT2D eigenvalue weighted by Crippen LogP contribution is -2.30. The first-order valence-electron chi connectivity index (χ1n) is 10.6. The van der Waals surface area contributed by atoms with E-state index in [2.05, 4.69) is 31.4 Å². The van der Waals surface area contributed by atoms with E-state index in [1.165, 1.54) is 0 Å². The van der Waals surface area contributed by atoms with Crippen LogP contribution < -0.4 is 16.4 Å². The van der Waals surface area contributed by atoms with Crippen molar-refractivity contribution in [1.29, 1.82) is 0 Å². The minimum atomic E-state index is -4.86. The fraction of sp³-hybridized carbons (Fsp3) is 0.364. The molecule has 0 unspecified atom stereocenters. The van der Waals surface area contributed by atoms with Gasteiger partial charge < -0.3 is 16.4 Å². The molecule has 1 amide bonds. The van der Waals surface area contributed by atoms with E-state index < -0.39 is 27.2 Å². The second-order valence-corrected chi connectivity index (χ2v) is 10.6. The number of anilines is 4. The highest BCUT2D eigenvalue weighted by molar-refractivity contribution is 7.92. The number of nitrogens with two attached hydrogens (primary N) is 1. The predicted molar refractivity (Wildman–Crippen MR) is 130 cm³/mol.